The van der Waals surface area contributed by atoms with E-state index in [0.717, 1.165) is 42.1 Å². The topological polar surface area (TPSA) is 56.7 Å². The number of hydrogen-bond acceptors (Lipinski definition) is 5. The van der Waals surface area contributed by atoms with Crippen molar-refractivity contribution in [1.29, 1.82) is 0 Å². The normalized spacial score (nSPS) is 14.7. The molecule has 6 heteroatoms. The highest BCUT2D eigenvalue weighted by Crippen LogP contribution is 2.27. The van der Waals surface area contributed by atoms with Gasteiger partial charge in [0.1, 0.15) is 5.75 Å². The van der Waals surface area contributed by atoms with Crippen LogP contribution in [0.3, 0.4) is 0 Å². The van der Waals surface area contributed by atoms with Crippen LogP contribution in [0.4, 0.5) is 5.69 Å². The summed E-state index contributed by atoms with van der Waals surface area (Å²) < 4.78 is 1.21. The highest BCUT2D eigenvalue weighted by atomic mass is 32.1. The van der Waals surface area contributed by atoms with Crippen LogP contribution in [0.15, 0.2) is 48.5 Å². The van der Waals surface area contributed by atoms with E-state index >= 15 is 0 Å². The summed E-state index contributed by atoms with van der Waals surface area (Å²) in [6.07, 6.45) is 2.24. The quantitative estimate of drug-likeness (QED) is 0.733. The lowest BCUT2D eigenvalue weighted by Gasteiger charge is -2.36. The number of carbonyl (C=O) groups is 1. The number of piperazine rings is 1. The van der Waals surface area contributed by atoms with E-state index in [2.05, 4.69) is 16.0 Å². The maximum absolute atomic E-state index is 12.5. The summed E-state index contributed by atoms with van der Waals surface area (Å²) in [6, 6.07) is 15.5. The number of nitrogens with zero attached hydrogens (tertiary/aromatic N) is 3. The standard InChI is InChI=1S/C21H23N3O2S/c25-18-8-3-2-7-17(18)23-12-14-24(15-13-23)21(26)11-5-10-20-22-16-6-1-4-9-19(16)27-20/h1-4,6-9,25H,5,10-15H2. The Bertz CT molecular complexity index is 899. The van der Waals surface area contributed by atoms with Gasteiger partial charge in [-0.1, -0.05) is 24.3 Å². The average Bonchev–Trinajstić information content (AvgIpc) is 3.11. The molecule has 1 fully saturated rings. The van der Waals surface area contributed by atoms with Gasteiger partial charge in [0.2, 0.25) is 5.91 Å². The van der Waals surface area contributed by atoms with Crippen LogP contribution in [-0.2, 0) is 11.2 Å². The zero-order chi connectivity index (χ0) is 18.6. The Morgan fingerprint density at radius 3 is 2.56 bits per heavy atom. The molecule has 1 aliphatic heterocycles. The molecule has 2 heterocycles. The summed E-state index contributed by atoms with van der Waals surface area (Å²) in [4.78, 5) is 21.2. The van der Waals surface area contributed by atoms with Gasteiger partial charge in [0.25, 0.3) is 0 Å². The second-order valence-corrected chi connectivity index (χ2v) is 7.90. The van der Waals surface area contributed by atoms with Crippen molar-refractivity contribution in [2.75, 3.05) is 31.1 Å². The smallest absolute Gasteiger partial charge is 0.222 e. The molecule has 140 valence electrons. The molecule has 0 atom stereocenters. The summed E-state index contributed by atoms with van der Waals surface area (Å²) in [5.41, 5.74) is 1.89. The molecule has 2 aromatic carbocycles. The van der Waals surface area contributed by atoms with Gasteiger partial charge in [-0.05, 0) is 37.1 Å². The third kappa shape index (κ3) is 4.06. The fourth-order valence-electron chi connectivity index (χ4n) is 3.50. The molecule has 1 saturated heterocycles. The molecule has 0 saturated carbocycles. The molecule has 4 rings (SSSR count). The second kappa shape index (κ2) is 7.96. The summed E-state index contributed by atoms with van der Waals surface area (Å²) >= 11 is 1.72. The molecule has 1 N–H and O–H groups in total. The van der Waals surface area contributed by atoms with Crippen LogP contribution >= 0.6 is 11.3 Å². The fourth-order valence-corrected chi connectivity index (χ4v) is 4.51. The Balaban J connectivity index is 1.25. The number of aromatic nitrogens is 1. The summed E-state index contributed by atoms with van der Waals surface area (Å²) in [6.45, 7) is 2.91. The minimum Gasteiger partial charge on any atom is -0.506 e. The number of phenolic OH excluding ortho intramolecular Hbond substituents is 1. The SMILES string of the molecule is O=C(CCCc1nc2ccccc2s1)N1CCN(c2ccccc2O)CC1. The molecule has 0 radical (unpaired) electrons. The van der Waals surface area contributed by atoms with E-state index in [1.807, 2.05) is 41.3 Å². The molecule has 3 aromatic rings. The monoisotopic (exact) mass is 381 g/mol. The Morgan fingerprint density at radius 2 is 1.78 bits per heavy atom. The summed E-state index contributed by atoms with van der Waals surface area (Å²) in [5.74, 6) is 0.515. The van der Waals surface area contributed by atoms with E-state index in [1.165, 1.54) is 4.70 Å². The highest BCUT2D eigenvalue weighted by Gasteiger charge is 2.22. The van der Waals surface area contributed by atoms with E-state index in [4.69, 9.17) is 0 Å². The molecule has 0 spiro atoms. The Hall–Kier alpha value is -2.60. The van der Waals surface area contributed by atoms with E-state index in [9.17, 15) is 9.90 Å². The molecular weight excluding hydrogens is 358 g/mol. The van der Waals surface area contributed by atoms with E-state index in [-0.39, 0.29) is 5.91 Å². The number of anilines is 1. The van der Waals surface area contributed by atoms with Crippen LogP contribution in [-0.4, -0.2) is 47.1 Å². The Kier molecular flexibility index (Phi) is 5.25. The van der Waals surface area contributed by atoms with Gasteiger partial charge in [0.15, 0.2) is 0 Å². The molecular formula is C21H23N3O2S. The van der Waals surface area contributed by atoms with Crippen molar-refractivity contribution < 1.29 is 9.90 Å². The maximum Gasteiger partial charge on any atom is 0.222 e. The summed E-state index contributed by atoms with van der Waals surface area (Å²) in [5, 5.41) is 11.1. The molecule has 1 aliphatic rings. The lowest BCUT2D eigenvalue weighted by molar-refractivity contribution is -0.131. The van der Waals surface area contributed by atoms with Crippen molar-refractivity contribution in [3.05, 3.63) is 53.5 Å². The first-order chi connectivity index (χ1) is 13.2. The fraction of sp³-hybridized carbons (Fsp3) is 0.333. The number of thiazole rings is 1. The molecule has 0 unspecified atom stereocenters. The number of benzene rings is 2. The number of rotatable bonds is 5. The maximum atomic E-state index is 12.5. The van der Waals surface area contributed by atoms with Gasteiger partial charge in [-0.3, -0.25) is 4.79 Å². The summed E-state index contributed by atoms with van der Waals surface area (Å²) in [7, 11) is 0. The van der Waals surface area contributed by atoms with Crippen LogP contribution in [0.5, 0.6) is 5.75 Å². The number of amides is 1. The highest BCUT2D eigenvalue weighted by molar-refractivity contribution is 7.18. The number of carbonyl (C=O) groups excluding carboxylic acids is 1. The molecule has 5 nitrogen and oxygen atoms in total. The van der Waals surface area contributed by atoms with Crippen LogP contribution in [0, 0.1) is 0 Å². The van der Waals surface area contributed by atoms with Gasteiger partial charge in [-0.25, -0.2) is 4.98 Å². The van der Waals surface area contributed by atoms with E-state index < -0.39 is 0 Å². The Morgan fingerprint density at radius 1 is 1.04 bits per heavy atom. The average molecular weight is 382 g/mol. The molecule has 27 heavy (non-hydrogen) atoms. The molecule has 0 aliphatic carbocycles. The zero-order valence-corrected chi connectivity index (χ0v) is 16.0. The lowest BCUT2D eigenvalue weighted by Crippen LogP contribution is -2.48. The number of para-hydroxylation sites is 3. The van der Waals surface area contributed by atoms with Crippen molar-refractivity contribution in [3.8, 4) is 5.75 Å². The van der Waals surface area contributed by atoms with Gasteiger partial charge in [0.05, 0.1) is 20.9 Å². The van der Waals surface area contributed by atoms with E-state index in [1.54, 1.807) is 17.4 Å². The van der Waals surface area contributed by atoms with Gasteiger partial charge < -0.3 is 14.9 Å². The third-order valence-corrected chi connectivity index (χ3v) is 6.07. The van der Waals surface area contributed by atoms with Crippen LogP contribution in [0.2, 0.25) is 0 Å². The first kappa shape index (κ1) is 17.8. The van der Waals surface area contributed by atoms with Crippen molar-refractivity contribution >= 4 is 33.1 Å². The second-order valence-electron chi connectivity index (χ2n) is 6.79. The minimum absolute atomic E-state index is 0.216. The van der Waals surface area contributed by atoms with Crippen LogP contribution in [0.25, 0.3) is 10.2 Å². The predicted molar refractivity (Wildman–Crippen MR) is 109 cm³/mol. The first-order valence-corrected chi connectivity index (χ1v) is 10.2. The zero-order valence-electron chi connectivity index (χ0n) is 15.2. The first-order valence-electron chi connectivity index (χ1n) is 9.36. The largest absolute Gasteiger partial charge is 0.506 e. The predicted octanol–water partition coefficient (Wildman–Crippen LogP) is 3.67. The minimum atomic E-state index is 0.216. The van der Waals surface area contributed by atoms with Crippen LogP contribution < -0.4 is 4.90 Å². The molecule has 0 bridgehead atoms. The van der Waals surface area contributed by atoms with Crippen LogP contribution in [0.1, 0.15) is 17.8 Å². The van der Waals surface area contributed by atoms with Crippen molar-refractivity contribution in [2.45, 2.75) is 19.3 Å². The van der Waals surface area contributed by atoms with Gasteiger partial charge in [-0.15, -0.1) is 11.3 Å². The number of hydrogen-bond donors (Lipinski definition) is 1. The van der Waals surface area contributed by atoms with Crippen molar-refractivity contribution in [2.24, 2.45) is 0 Å². The molecule has 1 aromatic heterocycles. The van der Waals surface area contributed by atoms with Gasteiger partial charge >= 0.3 is 0 Å². The number of aryl methyl sites for hydroxylation is 1. The number of aromatic hydroxyl groups is 1. The lowest BCUT2D eigenvalue weighted by atomic mass is 10.2. The Labute approximate surface area is 162 Å². The molecule has 1 amide bonds. The number of fused-ring (bicyclic) bond motifs is 1. The third-order valence-electron chi connectivity index (χ3n) is 4.97. The van der Waals surface area contributed by atoms with Gasteiger partial charge in [-0.2, -0.15) is 0 Å². The van der Waals surface area contributed by atoms with Crippen molar-refractivity contribution in [1.82, 2.24) is 9.88 Å². The van der Waals surface area contributed by atoms with Gasteiger partial charge in [0, 0.05) is 32.6 Å². The van der Waals surface area contributed by atoms with E-state index in [0.29, 0.717) is 25.3 Å². The van der Waals surface area contributed by atoms with Crippen molar-refractivity contribution in [3.63, 3.8) is 0 Å². The number of phenols is 1.